The van der Waals surface area contributed by atoms with Crippen LogP contribution in [0.4, 0.5) is 10.1 Å². The first-order valence-electron chi connectivity index (χ1n) is 10.3. The summed E-state index contributed by atoms with van der Waals surface area (Å²) in [5, 5.41) is 2.61. The summed E-state index contributed by atoms with van der Waals surface area (Å²) in [6.45, 7) is 3.26. The first-order valence-corrected chi connectivity index (χ1v) is 11.7. The SMILES string of the molecule is CC(C(=O)Nc1ccccc1F)N1CCN(S(=O)(=O)c2ccc3c(c2)CCC3)CC1. The van der Waals surface area contributed by atoms with Crippen LogP contribution in [0.25, 0.3) is 0 Å². The highest BCUT2D eigenvalue weighted by Gasteiger charge is 2.32. The standard InChI is InChI=1S/C22H26FN3O3S/c1-16(22(27)24-21-8-3-2-7-20(21)23)25-11-13-26(14-12-25)30(28,29)19-10-9-17-5-4-6-18(17)15-19/h2-3,7-10,15-16H,4-6,11-14H2,1H3,(H,24,27). The van der Waals surface area contributed by atoms with Gasteiger partial charge in [0.2, 0.25) is 15.9 Å². The third kappa shape index (κ3) is 4.12. The highest BCUT2D eigenvalue weighted by atomic mass is 32.2. The van der Waals surface area contributed by atoms with Crippen LogP contribution < -0.4 is 5.32 Å². The normalized spacial score (nSPS) is 18.7. The van der Waals surface area contributed by atoms with Gasteiger partial charge in [0, 0.05) is 26.2 Å². The lowest BCUT2D eigenvalue weighted by Crippen LogP contribution is -2.53. The second-order valence-corrected chi connectivity index (χ2v) is 9.81. The Balaban J connectivity index is 1.38. The van der Waals surface area contributed by atoms with E-state index in [1.807, 2.05) is 17.0 Å². The van der Waals surface area contributed by atoms with Crippen LogP contribution in [-0.2, 0) is 27.7 Å². The molecule has 8 heteroatoms. The number of carbonyl (C=O) groups is 1. The third-order valence-electron chi connectivity index (χ3n) is 6.04. The Labute approximate surface area is 176 Å². The maximum absolute atomic E-state index is 13.8. The highest BCUT2D eigenvalue weighted by molar-refractivity contribution is 7.89. The summed E-state index contributed by atoms with van der Waals surface area (Å²) in [4.78, 5) is 14.8. The molecule has 2 aliphatic rings. The van der Waals surface area contributed by atoms with E-state index in [9.17, 15) is 17.6 Å². The van der Waals surface area contributed by atoms with Crippen molar-refractivity contribution in [2.24, 2.45) is 0 Å². The number of hydrogen-bond donors (Lipinski definition) is 1. The molecule has 30 heavy (non-hydrogen) atoms. The van der Waals surface area contributed by atoms with E-state index in [2.05, 4.69) is 5.32 Å². The Morgan fingerprint density at radius 3 is 2.47 bits per heavy atom. The lowest BCUT2D eigenvalue weighted by Gasteiger charge is -2.36. The number of piperazine rings is 1. The molecular weight excluding hydrogens is 405 g/mol. The zero-order valence-corrected chi connectivity index (χ0v) is 17.8. The minimum Gasteiger partial charge on any atom is -0.322 e. The Bertz CT molecular complexity index is 1050. The molecule has 1 atom stereocenters. The van der Waals surface area contributed by atoms with Gasteiger partial charge in [0.25, 0.3) is 0 Å². The van der Waals surface area contributed by atoms with Gasteiger partial charge < -0.3 is 5.32 Å². The molecule has 1 fully saturated rings. The fourth-order valence-corrected chi connectivity index (χ4v) is 5.63. The molecule has 1 aliphatic carbocycles. The predicted molar refractivity (Wildman–Crippen MR) is 113 cm³/mol. The molecule has 0 saturated carbocycles. The van der Waals surface area contributed by atoms with Crippen molar-refractivity contribution in [1.29, 1.82) is 0 Å². The molecule has 6 nitrogen and oxygen atoms in total. The van der Waals surface area contributed by atoms with Crippen molar-refractivity contribution < 1.29 is 17.6 Å². The highest BCUT2D eigenvalue weighted by Crippen LogP contribution is 2.27. The van der Waals surface area contributed by atoms with E-state index in [4.69, 9.17) is 0 Å². The van der Waals surface area contributed by atoms with Gasteiger partial charge in [0.1, 0.15) is 5.82 Å². The van der Waals surface area contributed by atoms with Crippen molar-refractivity contribution in [3.8, 4) is 0 Å². The second-order valence-electron chi connectivity index (χ2n) is 7.87. The molecule has 1 amide bonds. The number of carbonyl (C=O) groups excluding carboxylic acids is 1. The van der Waals surface area contributed by atoms with Gasteiger partial charge in [0.15, 0.2) is 0 Å². The molecule has 1 heterocycles. The van der Waals surface area contributed by atoms with Crippen LogP contribution in [0, 0.1) is 5.82 Å². The topological polar surface area (TPSA) is 69.7 Å². The number of aryl methyl sites for hydroxylation is 2. The van der Waals surface area contributed by atoms with Crippen LogP contribution in [0.2, 0.25) is 0 Å². The van der Waals surface area contributed by atoms with Crippen LogP contribution in [0.3, 0.4) is 0 Å². The number of nitrogens with zero attached hydrogens (tertiary/aromatic N) is 2. The molecule has 160 valence electrons. The summed E-state index contributed by atoms with van der Waals surface area (Å²) >= 11 is 0. The van der Waals surface area contributed by atoms with Crippen LogP contribution in [-0.4, -0.2) is 55.8 Å². The van der Waals surface area contributed by atoms with Crippen molar-refractivity contribution in [3.63, 3.8) is 0 Å². The Morgan fingerprint density at radius 1 is 1.03 bits per heavy atom. The van der Waals surface area contributed by atoms with Crippen molar-refractivity contribution in [3.05, 3.63) is 59.4 Å². The number of amides is 1. The maximum atomic E-state index is 13.8. The van der Waals surface area contributed by atoms with Crippen molar-refractivity contribution in [2.75, 3.05) is 31.5 Å². The van der Waals surface area contributed by atoms with Gasteiger partial charge in [-0.05, 0) is 61.6 Å². The summed E-state index contributed by atoms with van der Waals surface area (Å²) in [5.41, 5.74) is 2.52. The quantitative estimate of drug-likeness (QED) is 0.790. The summed E-state index contributed by atoms with van der Waals surface area (Å²) in [6.07, 6.45) is 3.02. The van der Waals surface area contributed by atoms with Crippen LogP contribution in [0.15, 0.2) is 47.4 Å². The molecule has 2 aromatic carbocycles. The van der Waals surface area contributed by atoms with Gasteiger partial charge in [-0.2, -0.15) is 4.31 Å². The summed E-state index contributed by atoms with van der Waals surface area (Å²) in [5.74, 6) is -0.793. The number of para-hydroxylation sites is 1. The van der Waals surface area contributed by atoms with Crippen molar-refractivity contribution in [2.45, 2.75) is 37.1 Å². The van der Waals surface area contributed by atoms with Gasteiger partial charge in [-0.15, -0.1) is 0 Å². The first kappa shape index (κ1) is 21.0. The number of anilines is 1. The minimum absolute atomic E-state index is 0.146. The molecule has 1 saturated heterocycles. The molecule has 0 spiro atoms. The number of nitrogens with one attached hydrogen (secondary N) is 1. The molecular formula is C22H26FN3O3S. The Morgan fingerprint density at radius 2 is 1.73 bits per heavy atom. The summed E-state index contributed by atoms with van der Waals surface area (Å²) in [6, 6.07) is 11.0. The molecule has 4 rings (SSSR count). The van der Waals surface area contributed by atoms with E-state index < -0.39 is 21.9 Å². The summed E-state index contributed by atoms with van der Waals surface area (Å²) < 4.78 is 41.4. The minimum atomic E-state index is -3.55. The number of sulfonamides is 1. The van der Waals surface area contributed by atoms with Gasteiger partial charge >= 0.3 is 0 Å². The van der Waals surface area contributed by atoms with Gasteiger partial charge in [-0.3, -0.25) is 9.69 Å². The summed E-state index contributed by atoms with van der Waals surface area (Å²) in [7, 11) is -3.55. The van der Waals surface area contributed by atoms with Crippen molar-refractivity contribution in [1.82, 2.24) is 9.21 Å². The van der Waals surface area contributed by atoms with E-state index in [1.54, 1.807) is 25.1 Å². The third-order valence-corrected chi connectivity index (χ3v) is 7.93. The van der Waals surface area contributed by atoms with Crippen LogP contribution in [0.1, 0.15) is 24.5 Å². The average molecular weight is 432 g/mol. The maximum Gasteiger partial charge on any atom is 0.243 e. The largest absolute Gasteiger partial charge is 0.322 e. The number of halogens is 1. The molecule has 0 bridgehead atoms. The number of benzene rings is 2. The van der Waals surface area contributed by atoms with Crippen molar-refractivity contribution >= 4 is 21.6 Å². The second kappa shape index (κ2) is 8.45. The average Bonchev–Trinajstić information content (AvgIpc) is 3.23. The molecule has 0 aromatic heterocycles. The smallest absolute Gasteiger partial charge is 0.243 e. The lowest BCUT2D eigenvalue weighted by atomic mass is 10.1. The van der Waals surface area contributed by atoms with E-state index in [-0.39, 0.29) is 11.6 Å². The van der Waals surface area contributed by atoms with E-state index in [1.165, 1.54) is 22.0 Å². The van der Waals surface area contributed by atoms with Gasteiger partial charge in [-0.25, -0.2) is 12.8 Å². The van der Waals surface area contributed by atoms with E-state index >= 15 is 0 Å². The molecule has 1 unspecified atom stereocenters. The molecule has 1 aliphatic heterocycles. The molecule has 1 N–H and O–H groups in total. The fraction of sp³-hybridized carbons (Fsp3) is 0.409. The predicted octanol–water partition coefficient (Wildman–Crippen LogP) is 2.65. The zero-order valence-electron chi connectivity index (χ0n) is 17.0. The van der Waals surface area contributed by atoms with E-state index in [0.29, 0.717) is 31.1 Å². The van der Waals surface area contributed by atoms with Crippen LogP contribution >= 0.6 is 0 Å². The fourth-order valence-electron chi connectivity index (χ4n) is 4.15. The van der Waals surface area contributed by atoms with E-state index in [0.717, 1.165) is 24.8 Å². The molecule has 2 aromatic rings. The Hall–Kier alpha value is -2.29. The molecule has 0 radical (unpaired) electrons. The number of rotatable bonds is 5. The lowest BCUT2D eigenvalue weighted by molar-refractivity contribution is -0.121. The monoisotopic (exact) mass is 431 g/mol. The first-order chi connectivity index (χ1) is 14.4. The zero-order chi connectivity index (χ0) is 21.3. The number of hydrogen-bond acceptors (Lipinski definition) is 4. The van der Waals surface area contributed by atoms with Gasteiger partial charge in [0.05, 0.1) is 16.6 Å². The number of fused-ring (bicyclic) bond motifs is 1. The van der Waals surface area contributed by atoms with Crippen LogP contribution in [0.5, 0.6) is 0 Å². The van der Waals surface area contributed by atoms with Gasteiger partial charge in [-0.1, -0.05) is 18.2 Å². The Kier molecular flexibility index (Phi) is 5.90.